The highest BCUT2D eigenvalue weighted by atomic mass is 16.1. The van der Waals surface area contributed by atoms with Crippen molar-refractivity contribution in [2.75, 3.05) is 0 Å². The fourth-order valence-electron chi connectivity index (χ4n) is 2.40. The van der Waals surface area contributed by atoms with Crippen LogP contribution in [-0.4, -0.2) is 5.91 Å². The van der Waals surface area contributed by atoms with Gasteiger partial charge >= 0.3 is 0 Å². The third kappa shape index (κ3) is 3.27. The molecule has 0 heterocycles. The summed E-state index contributed by atoms with van der Waals surface area (Å²) < 4.78 is 0. The van der Waals surface area contributed by atoms with Crippen molar-refractivity contribution in [1.82, 2.24) is 5.32 Å². The average Bonchev–Trinajstić information content (AvgIpc) is 2.46. The average molecular weight is 267 g/mol. The van der Waals surface area contributed by atoms with Crippen LogP contribution in [0.5, 0.6) is 0 Å². The first-order valence-corrected chi connectivity index (χ1v) is 7.03. The highest BCUT2D eigenvalue weighted by Crippen LogP contribution is 2.25. The molecule has 2 heteroatoms. The SMILES string of the molecule is CCC(=O)N[C@H](c1ccccc1)c1ccc(C)cc1C. The number of nitrogens with one attached hydrogen (secondary N) is 1. The third-order valence-corrected chi connectivity index (χ3v) is 3.50. The predicted molar refractivity (Wildman–Crippen MR) is 82.6 cm³/mol. The summed E-state index contributed by atoms with van der Waals surface area (Å²) in [4.78, 5) is 11.8. The number of hydrogen-bond donors (Lipinski definition) is 1. The van der Waals surface area contributed by atoms with Crippen molar-refractivity contribution in [3.05, 3.63) is 70.8 Å². The second kappa shape index (κ2) is 6.38. The first kappa shape index (κ1) is 14.3. The summed E-state index contributed by atoms with van der Waals surface area (Å²) in [7, 11) is 0. The maximum atomic E-state index is 11.8. The number of hydrogen-bond acceptors (Lipinski definition) is 1. The summed E-state index contributed by atoms with van der Waals surface area (Å²) in [5.41, 5.74) is 4.71. The van der Waals surface area contributed by atoms with Crippen LogP contribution in [0.4, 0.5) is 0 Å². The molecule has 1 N–H and O–H groups in total. The number of aryl methyl sites for hydroxylation is 2. The Balaban J connectivity index is 2.43. The van der Waals surface area contributed by atoms with Crippen molar-refractivity contribution in [2.45, 2.75) is 33.2 Å². The van der Waals surface area contributed by atoms with E-state index >= 15 is 0 Å². The fourth-order valence-corrected chi connectivity index (χ4v) is 2.40. The van der Waals surface area contributed by atoms with Gasteiger partial charge in [-0.25, -0.2) is 0 Å². The smallest absolute Gasteiger partial charge is 0.220 e. The highest BCUT2D eigenvalue weighted by Gasteiger charge is 2.17. The summed E-state index contributed by atoms with van der Waals surface area (Å²) in [5.74, 6) is 0.0684. The van der Waals surface area contributed by atoms with Crippen LogP contribution in [0.25, 0.3) is 0 Å². The van der Waals surface area contributed by atoms with Crippen molar-refractivity contribution < 1.29 is 4.79 Å². The molecule has 2 aromatic rings. The summed E-state index contributed by atoms with van der Waals surface area (Å²) in [5, 5.41) is 3.12. The Morgan fingerprint density at radius 1 is 1.10 bits per heavy atom. The summed E-state index contributed by atoms with van der Waals surface area (Å²) in [6.07, 6.45) is 0.494. The molecule has 20 heavy (non-hydrogen) atoms. The van der Waals surface area contributed by atoms with E-state index in [2.05, 4.69) is 49.5 Å². The lowest BCUT2D eigenvalue weighted by Crippen LogP contribution is -2.29. The van der Waals surface area contributed by atoms with E-state index in [-0.39, 0.29) is 11.9 Å². The van der Waals surface area contributed by atoms with E-state index in [0.29, 0.717) is 6.42 Å². The van der Waals surface area contributed by atoms with E-state index in [9.17, 15) is 4.79 Å². The van der Waals surface area contributed by atoms with Gasteiger partial charge in [0.05, 0.1) is 6.04 Å². The lowest BCUT2D eigenvalue weighted by molar-refractivity contribution is -0.121. The third-order valence-electron chi connectivity index (χ3n) is 3.50. The quantitative estimate of drug-likeness (QED) is 0.893. The van der Waals surface area contributed by atoms with Crippen molar-refractivity contribution in [1.29, 1.82) is 0 Å². The Bertz CT molecular complexity index is 590. The molecule has 1 atom stereocenters. The maximum absolute atomic E-state index is 11.8. The van der Waals surface area contributed by atoms with Crippen LogP contribution < -0.4 is 5.32 Å². The lowest BCUT2D eigenvalue weighted by atomic mass is 9.93. The number of carbonyl (C=O) groups is 1. The molecule has 2 aromatic carbocycles. The van der Waals surface area contributed by atoms with E-state index in [0.717, 1.165) is 11.1 Å². The lowest BCUT2D eigenvalue weighted by Gasteiger charge is -2.21. The molecule has 0 aliphatic heterocycles. The fraction of sp³-hybridized carbons (Fsp3) is 0.278. The molecule has 0 aliphatic rings. The molecule has 0 radical (unpaired) electrons. The molecule has 2 nitrogen and oxygen atoms in total. The molecule has 0 fully saturated rings. The van der Waals surface area contributed by atoms with Crippen molar-refractivity contribution in [2.24, 2.45) is 0 Å². The van der Waals surface area contributed by atoms with Crippen molar-refractivity contribution in [3.8, 4) is 0 Å². The van der Waals surface area contributed by atoms with Crippen LogP contribution in [-0.2, 0) is 4.79 Å². The van der Waals surface area contributed by atoms with Gasteiger partial charge in [0.25, 0.3) is 0 Å². The predicted octanol–water partition coefficient (Wildman–Crippen LogP) is 3.92. The summed E-state index contributed by atoms with van der Waals surface area (Å²) in [6.45, 7) is 6.05. The molecule has 0 saturated heterocycles. The van der Waals surface area contributed by atoms with E-state index < -0.39 is 0 Å². The number of carbonyl (C=O) groups excluding carboxylic acids is 1. The minimum absolute atomic E-state index is 0.0684. The molecule has 0 bridgehead atoms. The van der Waals surface area contributed by atoms with Crippen LogP contribution in [0.15, 0.2) is 48.5 Å². The minimum atomic E-state index is -0.0794. The van der Waals surface area contributed by atoms with E-state index in [1.54, 1.807) is 0 Å². The van der Waals surface area contributed by atoms with E-state index in [4.69, 9.17) is 0 Å². The molecular weight excluding hydrogens is 246 g/mol. The second-order valence-corrected chi connectivity index (χ2v) is 5.12. The zero-order valence-electron chi connectivity index (χ0n) is 12.3. The van der Waals surface area contributed by atoms with Gasteiger partial charge in [-0.15, -0.1) is 0 Å². The number of rotatable bonds is 4. The maximum Gasteiger partial charge on any atom is 0.220 e. The molecule has 0 aliphatic carbocycles. The molecule has 1 amide bonds. The van der Waals surface area contributed by atoms with Gasteiger partial charge in [-0.3, -0.25) is 4.79 Å². The van der Waals surface area contributed by atoms with Crippen molar-refractivity contribution >= 4 is 5.91 Å². The van der Waals surface area contributed by atoms with Crippen LogP contribution in [0, 0.1) is 13.8 Å². The summed E-state index contributed by atoms with van der Waals surface area (Å²) >= 11 is 0. The van der Waals surface area contributed by atoms with Gasteiger partial charge in [-0.05, 0) is 30.5 Å². The molecular formula is C18H21NO. The largest absolute Gasteiger partial charge is 0.345 e. The Morgan fingerprint density at radius 3 is 2.40 bits per heavy atom. The van der Waals surface area contributed by atoms with Crippen LogP contribution in [0.3, 0.4) is 0 Å². The molecule has 104 valence electrons. The highest BCUT2D eigenvalue weighted by molar-refractivity contribution is 5.76. The van der Waals surface area contributed by atoms with E-state index in [1.807, 2.05) is 25.1 Å². The second-order valence-electron chi connectivity index (χ2n) is 5.12. The Hall–Kier alpha value is -2.09. The Labute approximate surface area is 120 Å². The monoisotopic (exact) mass is 267 g/mol. The normalized spacial score (nSPS) is 11.9. The molecule has 0 aromatic heterocycles. The van der Waals surface area contributed by atoms with Gasteiger partial charge in [-0.1, -0.05) is 61.0 Å². The first-order chi connectivity index (χ1) is 9.61. The van der Waals surface area contributed by atoms with Gasteiger partial charge < -0.3 is 5.32 Å². The Morgan fingerprint density at radius 2 is 1.80 bits per heavy atom. The van der Waals surface area contributed by atoms with E-state index in [1.165, 1.54) is 11.1 Å². The zero-order valence-corrected chi connectivity index (χ0v) is 12.3. The first-order valence-electron chi connectivity index (χ1n) is 7.03. The minimum Gasteiger partial charge on any atom is -0.345 e. The van der Waals surface area contributed by atoms with Gasteiger partial charge in [0.1, 0.15) is 0 Å². The zero-order chi connectivity index (χ0) is 14.5. The van der Waals surface area contributed by atoms with Crippen LogP contribution in [0.2, 0.25) is 0 Å². The summed E-state index contributed by atoms with van der Waals surface area (Å²) in [6, 6.07) is 16.4. The van der Waals surface area contributed by atoms with Gasteiger partial charge in [0.15, 0.2) is 0 Å². The number of benzene rings is 2. The van der Waals surface area contributed by atoms with Crippen LogP contribution >= 0.6 is 0 Å². The topological polar surface area (TPSA) is 29.1 Å². The Kier molecular flexibility index (Phi) is 4.57. The van der Waals surface area contributed by atoms with Gasteiger partial charge in [-0.2, -0.15) is 0 Å². The van der Waals surface area contributed by atoms with Crippen molar-refractivity contribution in [3.63, 3.8) is 0 Å². The molecule has 0 saturated carbocycles. The number of amides is 1. The standard InChI is InChI=1S/C18H21NO/c1-4-17(20)19-18(15-8-6-5-7-9-15)16-11-10-13(2)12-14(16)3/h5-12,18H,4H2,1-3H3,(H,19,20)/t18-/m1/s1. The van der Waals surface area contributed by atoms with Gasteiger partial charge in [0.2, 0.25) is 5.91 Å². The van der Waals surface area contributed by atoms with Gasteiger partial charge in [0, 0.05) is 6.42 Å². The molecule has 0 spiro atoms. The molecule has 2 rings (SSSR count). The molecule has 0 unspecified atom stereocenters. The van der Waals surface area contributed by atoms with Crippen LogP contribution in [0.1, 0.15) is 41.6 Å².